The molecule has 0 N–H and O–H groups in total. The van der Waals surface area contributed by atoms with Crippen molar-refractivity contribution in [3.8, 4) is 0 Å². The number of aromatic nitrogens is 2. The van der Waals surface area contributed by atoms with Gasteiger partial charge >= 0.3 is 0 Å². The summed E-state index contributed by atoms with van der Waals surface area (Å²) in [6, 6.07) is 8.01. The maximum absolute atomic E-state index is 12.5. The first-order valence-electron chi connectivity index (χ1n) is 8.21. The van der Waals surface area contributed by atoms with E-state index in [0.29, 0.717) is 6.54 Å². The molecule has 23 heavy (non-hydrogen) atoms. The summed E-state index contributed by atoms with van der Waals surface area (Å²) in [4.78, 5) is 16.6. The topological polar surface area (TPSA) is 41.4 Å². The molecule has 5 nitrogen and oxygen atoms in total. The van der Waals surface area contributed by atoms with Crippen molar-refractivity contribution in [1.82, 2.24) is 14.7 Å². The second-order valence-corrected chi connectivity index (χ2v) is 6.24. The lowest BCUT2D eigenvalue weighted by Crippen LogP contribution is -2.28. The second-order valence-electron chi connectivity index (χ2n) is 6.24. The molecule has 2 aromatic rings. The highest BCUT2D eigenvalue weighted by Gasteiger charge is 2.15. The second kappa shape index (κ2) is 6.86. The Morgan fingerprint density at radius 2 is 1.91 bits per heavy atom. The number of likely N-dealkylation sites (N-methyl/N-ethyl adjacent to an activating group) is 1. The molecule has 5 heteroatoms. The lowest BCUT2D eigenvalue weighted by atomic mass is 10.1. The Kier molecular flexibility index (Phi) is 4.65. The monoisotopic (exact) mass is 312 g/mol. The zero-order chi connectivity index (χ0) is 16.2. The molecule has 1 amide bonds. The average Bonchev–Trinajstić information content (AvgIpc) is 3.24. The highest BCUT2D eigenvalue weighted by Crippen LogP contribution is 2.20. The summed E-state index contributed by atoms with van der Waals surface area (Å²) in [5.41, 5.74) is 3.12. The van der Waals surface area contributed by atoms with E-state index in [0.717, 1.165) is 30.6 Å². The summed E-state index contributed by atoms with van der Waals surface area (Å²) in [7, 11) is 3.76. The van der Waals surface area contributed by atoms with Crippen LogP contribution in [0.25, 0.3) is 0 Å². The average molecular weight is 312 g/mol. The molecule has 1 aromatic heterocycles. The summed E-state index contributed by atoms with van der Waals surface area (Å²) in [5, 5.41) is 4.15. The number of rotatable bonds is 5. The molecule has 1 aliphatic rings. The van der Waals surface area contributed by atoms with Crippen LogP contribution in [0.2, 0.25) is 0 Å². The molecule has 0 aliphatic carbocycles. The van der Waals surface area contributed by atoms with Crippen molar-refractivity contribution in [2.45, 2.75) is 19.3 Å². The van der Waals surface area contributed by atoms with Crippen molar-refractivity contribution in [1.29, 1.82) is 0 Å². The largest absolute Gasteiger partial charge is 0.372 e. The Bertz CT molecular complexity index is 656. The molecule has 1 saturated heterocycles. The van der Waals surface area contributed by atoms with Crippen molar-refractivity contribution < 1.29 is 4.79 Å². The number of nitrogens with zero attached hydrogens (tertiary/aromatic N) is 4. The van der Waals surface area contributed by atoms with Crippen LogP contribution in [0.15, 0.2) is 36.7 Å². The van der Waals surface area contributed by atoms with E-state index in [1.54, 1.807) is 9.58 Å². The van der Waals surface area contributed by atoms with Gasteiger partial charge < -0.3 is 9.80 Å². The predicted molar refractivity (Wildman–Crippen MR) is 91.8 cm³/mol. The number of benzene rings is 1. The normalized spacial score (nSPS) is 14.3. The quantitative estimate of drug-likeness (QED) is 0.851. The Labute approximate surface area is 137 Å². The van der Waals surface area contributed by atoms with Crippen LogP contribution < -0.4 is 4.90 Å². The molecular weight excluding hydrogens is 288 g/mol. The minimum atomic E-state index is 0.0712. The van der Waals surface area contributed by atoms with E-state index in [2.05, 4.69) is 22.1 Å². The van der Waals surface area contributed by atoms with Crippen LogP contribution in [0.4, 0.5) is 5.69 Å². The SMILES string of the molecule is CN(CCc1cnn(C)c1)C(=O)c1ccc(N2CCCC2)cc1. The van der Waals surface area contributed by atoms with Crippen LogP contribution >= 0.6 is 0 Å². The fourth-order valence-electron chi connectivity index (χ4n) is 3.01. The van der Waals surface area contributed by atoms with Gasteiger partial charge in [0.15, 0.2) is 0 Å². The summed E-state index contributed by atoms with van der Waals surface area (Å²) < 4.78 is 1.79. The first-order valence-corrected chi connectivity index (χ1v) is 8.21. The van der Waals surface area contributed by atoms with E-state index in [1.165, 1.54) is 18.5 Å². The van der Waals surface area contributed by atoms with Gasteiger partial charge in [0.25, 0.3) is 5.91 Å². The van der Waals surface area contributed by atoms with Gasteiger partial charge in [-0.25, -0.2) is 0 Å². The van der Waals surface area contributed by atoms with Crippen molar-refractivity contribution in [2.24, 2.45) is 7.05 Å². The molecule has 0 bridgehead atoms. The summed E-state index contributed by atoms with van der Waals surface area (Å²) in [5.74, 6) is 0.0712. The number of carbonyl (C=O) groups excluding carboxylic acids is 1. The smallest absolute Gasteiger partial charge is 0.253 e. The zero-order valence-electron chi connectivity index (χ0n) is 13.9. The Balaban J connectivity index is 1.58. The van der Waals surface area contributed by atoms with Crippen LogP contribution in [0.1, 0.15) is 28.8 Å². The van der Waals surface area contributed by atoms with Gasteiger partial charge in [0, 0.05) is 51.2 Å². The van der Waals surface area contributed by atoms with Crippen LogP contribution in [0.5, 0.6) is 0 Å². The molecule has 2 heterocycles. The van der Waals surface area contributed by atoms with Gasteiger partial charge in [-0.3, -0.25) is 9.48 Å². The molecule has 1 aliphatic heterocycles. The Morgan fingerprint density at radius 1 is 1.22 bits per heavy atom. The lowest BCUT2D eigenvalue weighted by molar-refractivity contribution is 0.0796. The van der Waals surface area contributed by atoms with Crippen molar-refractivity contribution >= 4 is 11.6 Å². The predicted octanol–water partition coefficient (Wildman–Crippen LogP) is 2.33. The minimum Gasteiger partial charge on any atom is -0.372 e. The molecule has 0 radical (unpaired) electrons. The van der Waals surface area contributed by atoms with Gasteiger partial charge in [-0.2, -0.15) is 5.10 Å². The third-order valence-electron chi connectivity index (χ3n) is 4.43. The number of hydrogen-bond acceptors (Lipinski definition) is 3. The van der Waals surface area contributed by atoms with Crippen LogP contribution in [-0.4, -0.2) is 47.3 Å². The molecule has 0 saturated carbocycles. The van der Waals surface area contributed by atoms with E-state index in [9.17, 15) is 4.79 Å². The fourth-order valence-corrected chi connectivity index (χ4v) is 3.01. The van der Waals surface area contributed by atoms with Crippen LogP contribution in [-0.2, 0) is 13.5 Å². The van der Waals surface area contributed by atoms with Gasteiger partial charge in [0.1, 0.15) is 0 Å². The van der Waals surface area contributed by atoms with Crippen molar-refractivity contribution in [3.05, 3.63) is 47.8 Å². The Morgan fingerprint density at radius 3 is 2.52 bits per heavy atom. The van der Waals surface area contributed by atoms with E-state index < -0.39 is 0 Å². The minimum absolute atomic E-state index is 0.0712. The maximum Gasteiger partial charge on any atom is 0.253 e. The summed E-state index contributed by atoms with van der Waals surface area (Å²) >= 11 is 0. The lowest BCUT2D eigenvalue weighted by Gasteiger charge is -2.19. The number of hydrogen-bond donors (Lipinski definition) is 0. The Hall–Kier alpha value is -2.30. The van der Waals surface area contributed by atoms with Crippen molar-refractivity contribution in [2.75, 3.05) is 31.6 Å². The van der Waals surface area contributed by atoms with Gasteiger partial charge in [-0.15, -0.1) is 0 Å². The van der Waals surface area contributed by atoms with Gasteiger partial charge in [-0.05, 0) is 49.1 Å². The third kappa shape index (κ3) is 3.73. The zero-order valence-corrected chi connectivity index (χ0v) is 13.9. The molecule has 0 atom stereocenters. The van der Waals surface area contributed by atoms with E-state index >= 15 is 0 Å². The summed E-state index contributed by atoms with van der Waals surface area (Å²) in [6.45, 7) is 2.94. The molecule has 0 unspecified atom stereocenters. The van der Waals surface area contributed by atoms with E-state index in [-0.39, 0.29) is 5.91 Å². The van der Waals surface area contributed by atoms with Gasteiger partial charge in [0.2, 0.25) is 0 Å². The first kappa shape index (κ1) is 15.6. The standard InChI is InChI=1S/C18H24N4O/c1-20(12-9-15-13-19-21(2)14-15)18(23)16-5-7-17(8-6-16)22-10-3-4-11-22/h5-8,13-14H,3-4,9-12H2,1-2H3. The highest BCUT2D eigenvalue weighted by molar-refractivity contribution is 5.94. The summed E-state index contributed by atoms with van der Waals surface area (Å²) in [6.07, 6.45) is 7.18. The first-order chi connectivity index (χ1) is 11.1. The number of anilines is 1. The molecule has 0 spiro atoms. The highest BCUT2D eigenvalue weighted by atomic mass is 16.2. The van der Waals surface area contributed by atoms with Crippen LogP contribution in [0.3, 0.4) is 0 Å². The molecular formula is C18H24N4O. The van der Waals surface area contributed by atoms with E-state index in [1.807, 2.05) is 38.6 Å². The van der Waals surface area contributed by atoms with E-state index in [4.69, 9.17) is 0 Å². The van der Waals surface area contributed by atoms with Gasteiger partial charge in [0.05, 0.1) is 6.20 Å². The van der Waals surface area contributed by atoms with Crippen LogP contribution in [0, 0.1) is 0 Å². The molecule has 1 aromatic carbocycles. The molecule has 1 fully saturated rings. The van der Waals surface area contributed by atoms with Gasteiger partial charge in [-0.1, -0.05) is 0 Å². The number of aryl methyl sites for hydroxylation is 1. The van der Waals surface area contributed by atoms with Crippen molar-refractivity contribution in [3.63, 3.8) is 0 Å². The molecule has 122 valence electrons. The number of amides is 1. The third-order valence-corrected chi connectivity index (χ3v) is 4.43. The fraction of sp³-hybridized carbons (Fsp3) is 0.444. The molecule has 3 rings (SSSR count). The number of carbonyl (C=O) groups is 1. The maximum atomic E-state index is 12.5.